The Balaban J connectivity index is 1.61. The van der Waals surface area contributed by atoms with Gasteiger partial charge in [0.1, 0.15) is 10.8 Å². The first kappa shape index (κ1) is 17.6. The lowest BCUT2D eigenvalue weighted by Gasteiger charge is -2.36. The van der Waals surface area contributed by atoms with Gasteiger partial charge in [0, 0.05) is 17.4 Å². The zero-order valence-electron chi connectivity index (χ0n) is 14.3. The molecule has 0 saturated carbocycles. The third-order valence-electron chi connectivity index (χ3n) is 4.94. The number of fused-ring (bicyclic) bond motifs is 1. The molecule has 1 aromatic heterocycles. The van der Waals surface area contributed by atoms with Crippen molar-refractivity contribution in [3.8, 4) is 0 Å². The zero-order chi connectivity index (χ0) is 18.3. The van der Waals surface area contributed by atoms with Crippen molar-refractivity contribution < 1.29 is 9.13 Å². The molecule has 1 saturated heterocycles. The second kappa shape index (κ2) is 6.76. The lowest BCUT2D eigenvalue weighted by molar-refractivity contribution is 0.0857. The van der Waals surface area contributed by atoms with E-state index >= 15 is 0 Å². The Morgan fingerprint density at radius 2 is 2.27 bits per heavy atom. The molecule has 2 atom stereocenters. The van der Waals surface area contributed by atoms with Crippen LogP contribution >= 0.6 is 23.8 Å². The lowest BCUT2D eigenvalue weighted by Crippen LogP contribution is -2.52. The summed E-state index contributed by atoms with van der Waals surface area (Å²) in [6, 6.07) is 7.11. The van der Waals surface area contributed by atoms with E-state index in [1.54, 1.807) is 12.3 Å². The molecule has 136 valence electrons. The smallest absolute Gasteiger partial charge is 0.128 e. The number of ether oxygens (including phenoxy) is 1. The molecular weight excluding hydrogens is 373 g/mol. The number of halogens is 2. The fourth-order valence-electron chi connectivity index (χ4n) is 3.69. The summed E-state index contributed by atoms with van der Waals surface area (Å²) < 4.78 is 20.1. The number of anilines is 1. The van der Waals surface area contributed by atoms with Gasteiger partial charge >= 0.3 is 0 Å². The highest BCUT2D eigenvalue weighted by atomic mass is 35.5. The topological polar surface area (TPSA) is 46.2 Å². The molecular formula is C19H19ClFN3OS. The van der Waals surface area contributed by atoms with Crippen LogP contribution in [0.2, 0.25) is 5.02 Å². The fourth-order valence-corrected chi connectivity index (χ4v) is 4.18. The maximum Gasteiger partial charge on any atom is 0.128 e. The first-order valence-corrected chi connectivity index (χ1v) is 9.33. The number of benzene rings is 1. The normalized spacial score (nSPS) is 24.9. The van der Waals surface area contributed by atoms with Crippen LogP contribution in [0.15, 0.2) is 30.5 Å². The molecule has 1 aliphatic heterocycles. The van der Waals surface area contributed by atoms with E-state index in [9.17, 15) is 4.39 Å². The molecule has 1 aromatic carbocycles. The van der Waals surface area contributed by atoms with Gasteiger partial charge < -0.3 is 15.4 Å². The van der Waals surface area contributed by atoms with Crippen LogP contribution < -0.4 is 10.6 Å². The van der Waals surface area contributed by atoms with E-state index in [4.69, 9.17) is 28.6 Å². The highest BCUT2D eigenvalue weighted by Crippen LogP contribution is 2.35. The second-order valence-corrected chi connectivity index (χ2v) is 7.93. The van der Waals surface area contributed by atoms with Crippen LogP contribution in [0.5, 0.6) is 0 Å². The Bertz CT molecular complexity index is 878. The van der Waals surface area contributed by atoms with E-state index < -0.39 is 5.54 Å². The van der Waals surface area contributed by atoms with Gasteiger partial charge in [-0.25, -0.2) is 4.39 Å². The minimum atomic E-state index is -0.684. The molecule has 2 unspecified atom stereocenters. The molecule has 2 aromatic rings. The first-order valence-electron chi connectivity index (χ1n) is 8.54. The van der Waals surface area contributed by atoms with E-state index in [1.807, 2.05) is 19.1 Å². The van der Waals surface area contributed by atoms with Crippen LogP contribution in [0.4, 0.5) is 10.1 Å². The molecule has 26 heavy (non-hydrogen) atoms. The number of thiocarbonyl (C=S) groups is 1. The van der Waals surface area contributed by atoms with Gasteiger partial charge in [-0.15, -0.1) is 0 Å². The highest BCUT2D eigenvalue weighted by molar-refractivity contribution is 7.80. The SMILES string of the molecule is CC1(c2cc(NC3CCc4cc(Cl)cnc43)ccc2F)COCC(=S)N1. The lowest BCUT2D eigenvalue weighted by atomic mass is 9.91. The number of nitrogens with one attached hydrogen (secondary N) is 2. The van der Waals surface area contributed by atoms with Crippen molar-refractivity contribution in [2.24, 2.45) is 0 Å². The van der Waals surface area contributed by atoms with Crippen molar-refractivity contribution in [3.05, 3.63) is 58.1 Å². The van der Waals surface area contributed by atoms with Gasteiger partial charge in [-0.3, -0.25) is 4.98 Å². The van der Waals surface area contributed by atoms with E-state index in [0.717, 1.165) is 29.8 Å². The standard InChI is InChI=1S/C19H19ClFN3OS/c1-19(10-25-9-17(26)24-19)14-7-13(3-4-15(14)21)23-16-5-2-11-6-12(20)8-22-18(11)16/h3-4,6-8,16,23H,2,5,9-10H2,1H3,(H,24,26). The summed E-state index contributed by atoms with van der Waals surface area (Å²) in [6.07, 6.45) is 3.52. The molecule has 1 aliphatic carbocycles. The minimum Gasteiger partial charge on any atom is -0.377 e. The maximum atomic E-state index is 14.5. The molecule has 0 radical (unpaired) electrons. The minimum absolute atomic E-state index is 0.0880. The van der Waals surface area contributed by atoms with Crippen LogP contribution in [0.25, 0.3) is 0 Å². The van der Waals surface area contributed by atoms with Crippen LogP contribution in [-0.2, 0) is 16.7 Å². The predicted octanol–water partition coefficient (Wildman–Crippen LogP) is 4.14. The molecule has 2 N–H and O–H groups in total. The maximum absolute atomic E-state index is 14.5. The largest absolute Gasteiger partial charge is 0.377 e. The van der Waals surface area contributed by atoms with Crippen molar-refractivity contribution in [2.75, 3.05) is 18.5 Å². The number of hydrogen-bond donors (Lipinski definition) is 2. The van der Waals surface area contributed by atoms with Crippen molar-refractivity contribution in [2.45, 2.75) is 31.3 Å². The zero-order valence-corrected chi connectivity index (χ0v) is 15.9. The van der Waals surface area contributed by atoms with Crippen molar-refractivity contribution in [1.82, 2.24) is 10.3 Å². The first-order chi connectivity index (χ1) is 12.4. The summed E-state index contributed by atoms with van der Waals surface area (Å²) in [7, 11) is 0. The van der Waals surface area contributed by atoms with Gasteiger partial charge in [-0.05, 0) is 49.6 Å². The third kappa shape index (κ3) is 3.29. The summed E-state index contributed by atoms with van der Waals surface area (Å²) in [4.78, 5) is 5.06. The molecule has 2 aliphatic rings. The number of rotatable bonds is 3. The Morgan fingerprint density at radius 3 is 3.08 bits per heavy atom. The van der Waals surface area contributed by atoms with E-state index in [-0.39, 0.29) is 11.9 Å². The van der Waals surface area contributed by atoms with Gasteiger partial charge in [-0.2, -0.15) is 0 Å². The molecule has 1 fully saturated rings. The molecule has 4 rings (SSSR count). The average molecular weight is 392 g/mol. The van der Waals surface area contributed by atoms with Gasteiger partial charge in [-0.1, -0.05) is 23.8 Å². The van der Waals surface area contributed by atoms with E-state index in [1.165, 1.54) is 6.07 Å². The molecule has 0 spiro atoms. The highest BCUT2D eigenvalue weighted by Gasteiger charge is 2.34. The van der Waals surface area contributed by atoms with Crippen molar-refractivity contribution in [1.29, 1.82) is 0 Å². The van der Waals surface area contributed by atoms with Crippen molar-refractivity contribution in [3.63, 3.8) is 0 Å². The van der Waals surface area contributed by atoms with Crippen molar-refractivity contribution >= 4 is 34.5 Å². The van der Waals surface area contributed by atoms with Crippen LogP contribution in [0.3, 0.4) is 0 Å². The Morgan fingerprint density at radius 1 is 1.42 bits per heavy atom. The Kier molecular flexibility index (Phi) is 4.59. The summed E-state index contributed by atoms with van der Waals surface area (Å²) in [5, 5.41) is 7.34. The summed E-state index contributed by atoms with van der Waals surface area (Å²) in [5.41, 5.74) is 2.86. The third-order valence-corrected chi connectivity index (χ3v) is 5.37. The number of morpholine rings is 1. The quantitative estimate of drug-likeness (QED) is 0.770. The fraction of sp³-hybridized carbons (Fsp3) is 0.368. The summed E-state index contributed by atoms with van der Waals surface area (Å²) >= 11 is 11.2. The van der Waals surface area contributed by atoms with Gasteiger partial charge in [0.05, 0.1) is 35.5 Å². The number of hydrogen-bond acceptors (Lipinski definition) is 4. The average Bonchev–Trinajstić information content (AvgIpc) is 2.98. The van der Waals surface area contributed by atoms with Crippen LogP contribution in [-0.4, -0.2) is 23.2 Å². The summed E-state index contributed by atoms with van der Waals surface area (Å²) in [5.74, 6) is -0.282. The van der Waals surface area contributed by atoms with E-state index in [2.05, 4.69) is 15.6 Å². The van der Waals surface area contributed by atoms with Crippen LogP contribution in [0, 0.1) is 5.82 Å². The number of pyridine rings is 1. The molecule has 0 bridgehead atoms. The van der Waals surface area contributed by atoms with Gasteiger partial charge in [0.25, 0.3) is 0 Å². The monoisotopic (exact) mass is 391 g/mol. The molecule has 4 nitrogen and oxygen atoms in total. The van der Waals surface area contributed by atoms with Gasteiger partial charge in [0.15, 0.2) is 0 Å². The number of aromatic nitrogens is 1. The molecule has 2 heterocycles. The molecule has 7 heteroatoms. The van der Waals surface area contributed by atoms with Gasteiger partial charge in [0.2, 0.25) is 0 Å². The Hall–Kier alpha value is -1.76. The Labute approximate surface area is 162 Å². The van der Waals surface area contributed by atoms with Crippen LogP contribution in [0.1, 0.15) is 36.2 Å². The number of nitrogens with zero attached hydrogens (tertiary/aromatic N) is 1. The number of aryl methyl sites for hydroxylation is 1. The summed E-state index contributed by atoms with van der Waals surface area (Å²) in [6.45, 7) is 2.63. The van der Waals surface area contributed by atoms with E-state index in [0.29, 0.717) is 28.8 Å². The molecule has 0 amide bonds. The predicted molar refractivity (Wildman–Crippen MR) is 104 cm³/mol. The second-order valence-electron chi connectivity index (χ2n) is 7.00.